The van der Waals surface area contributed by atoms with Crippen LogP contribution in [0.2, 0.25) is 0 Å². The van der Waals surface area contributed by atoms with Gasteiger partial charge in [-0.3, -0.25) is 0 Å². The molecule has 3 heteroatoms. The van der Waals surface area contributed by atoms with Crippen LogP contribution in [-0.4, -0.2) is 42.0 Å². The maximum atomic E-state index is 9.71. The van der Waals surface area contributed by atoms with Gasteiger partial charge < -0.3 is 10.0 Å². The first kappa shape index (κ1) is 14.6. The Bertz CT molecular complexity index is 329. The smallest absolute Gasteiger partial charge is 0.0718 e. The summed E-state index contributed by atoms with van der Waals surface area (Å²) in [7, 11) is 2.05. The summed E-state index contributed by atoms with van der Waals surface area (Å²) in [6.45, 7) is 5.37. The van der Waals surface area contributed by atoms with E-state index < -0.39 is 5.60 Å². The van der Waals surface area contributed by atoms with Crippen molar-refractivity contribution < 1.29 is 5.11 Å². The van der Waals surface area contributed by atoms with Gasteiger partial charge in [-0.05, 0) is 51.3 Å². The Kier molecular flexibility index (Phi) is 5.50. The highest BCUT2D eigenvalue weighted by atomic mass is 32.2. The van der Waals surface area contributed by atoms with Gasteiger partial charge in [-0.2, -0.15) is 0 Å². The molecule has 0 saturated carbocycles. The first-order valence-electron chi connectivity index (χ1n) is 5.94. The van der Waals surface area contributed by atoms with Crippen LogP contribution in [0.15, 0.2) is 29.2 Å². The zero-order valence-electron chi connectivity index (χ0n) is 11.2. The predicted molar refractivity (Wildman–Crippen MR) is 75.7 cm³/mol. The fraction of sp³-hybridized carbons (Fsp3) is 0.571. The zero-order valence-corrected chi connectivity index (χ0v) is 12.0. The van der Waals surface area contributed by atoms with Gasteiger partial charge in [-0.25, -0.2) is 0 Å². The summed E-state index contributed by atoms with van der Waals surface area (Å²) >= 11 is 1.77. The second-order valence-corrected chi connectivity index (χ2v) is 6.03. The molecule has 96 valence electrons. The number of benzene rings is 1. The summed E-state index contributed by atoms with van der Waals surface area (Å²) in [5.41, 5.74) is 0.739. The van der Waals surface area contributed by atoms with E-state index in [1.54, 1.807) is 11.8 Å². The monoisotopic (exact) mass is 253 g/mol. The van der Waals surface area contributed by atoms with E-state index in [2.05, 4.69) is 35.4 Å². The third kappa shape index (κ3) is 6.10. The summed E-state index contributed by atoms with van der Waals surface area (Å²) in [6.07, 6.45) is 3.12. The predicted octanol–water partition coefficient (Wildman–Crippen LogP) is 2.65. The molecule has 0 fully saturated rings. The Hall–Kier alpha value is -0.510. The summed E-state index contributed by atoms with van der Waals surface area (Å²) in [5, 5.41) is 9.71. The van der Waals surface area contributed by atoms with Gasteiger partial charge >= 0.3 is 0 Å². The van der Waals surface area contributed by atoms with Crippen LogP contribution in [0.5, 0.6) is 0 Å². The molecule has 2 nitrogen and oxygen atoms in total. The summed E-state index contributed by atoms with van der Waals surface area (Å²) in [4.78, 5) is 3.47. The van der Waals surface area contributed by atoms with E-state index in [9.17, 15) is 5.11 Å². The molecule has 0 aliphatic heterocycles. The van der Waals surface area contributed by atoms with Gasteiger partial charge in [-0.1, -0.05) is 12.1 Å². The highest BCUT2D eigenvalue weighted by Crippen LogP contribution is 2.15. The second-order valence-electron chi connectivity index (χ2n) is 5.15. The molecule has 1 rings (SSSR count). The molecule has 0 amide bonds. The van der Waals surface area contributed by atoms with Crippen molar-refractivity contribution in [1.82, 2.24) is 4.90 Å². The maximum Gasteiger partial charge on any atom is 0.0718 e. The van der Waals surface area contributed by atoms with Crippen molar-refractivity contribution in [2.24, 2.45) is 0 Å². The molecule has 0 atom stereocenters. The van der Waals surface area contributed by atoms with E-state index in [-0.39, 0.29) is 0 Å². The van der Waals surface area contributed by atoms with Gasteiger partial charge in [0, 0.05) is 18.0 Å². The van der Waals surface area contributed by atoms with Crippen molar-refractivity contribution in [3.8, 4) is 0 Å². The average molecular weight is 253 g/mol. The molecular formula is C14H23NOS. The first-order chi connectivity index (χ1) is 7.90. The molecule has 0 aliphatic carbocycles. The largest absolute Gasteiger partial charge is 0.389 e. The standard InChI is InChI=1S/C14H23NOS/c1-14(2,16)11-15(3)10-9-12-5-7-13(17-4)8-6-12/h5-8,16H,9-11H2,1-4H3. The van der Waals surface area contributed by atoms with Crippen LogP contribution in [0.1, 0.15) is 19.4 Å². The van der Waals surface area contributed by atoms with E-state index in [0.29, 0.717) is 6.54 Å². The average Bonchev–Trinajstić information content (AvgIpc) is 2.25. The Balaban J connectivity index is 2.39. The van der Waals surface area contributed by atoms with Crippen molar-refractivity contribution in [3.63, 3.8) is 0 Å². The first-order valence-corrected chi connectivity index (χ1v) is 7.17. The van der Waals surface area contributed by atoms with E-state index in [0.717, 1.165) is 13.0 Å². The minimum Gasteiger partial charge on any atom is -0.389 e. The highest BCUT2D eigenvalue weighted by Gasteiger charge is 2.14. The Morgan fingerprint density at radius 2 is 1.82 bits per heavy atom. The van der Waals surface area contributed by atoms with E-state index in [1.165, 1.54) is 10.5 Å². The lowest BCUT2D eigenvalue weighted by Crippen LogP contribution is -2.37. The Morgan fingerprint density at radius 1 is 1.24 bits per heavy atom. The Morgan fingerprint density at radius 3 is 2.29 bits per heavy atom. The van der Waals surface area contributed by atoms with Crippen LogP contribution in [0.3, 0.4) is 0 Å². The third-order valence-corrected chi connectivity index (χ3v) is 3.34. The van der Waals surface area contributed by atoms with Gasteiger partial charge in [0.2, 0.25) is 0 Å². The quantitative estimate of drug-likeness (QED) is 0.789. The van der Waals surface area contributed by atoms with Gasteiger partial charge in [0.1, 0.15) is 0 Å². The maximum absolute atomic E-state index is 9.71. The second kappa shape index (κ2) is 6.43. The van der Waals surface area contributed by atoms with Gasteiger partial charge in [-0.15, -0.1) is 11.8 Å². The van der Waals surface area contributed by atoms with E-state index >= 15 is 0 Å². The molecule has 0 bridgehead atoms. The minimum atomic E-state index is -0.614. The van der Waals surface area contributed by atoms with Crippen LogP contribution in [0.25, 0.3) is 0 Å². The number of likely N-dealkylation sites (N-methyl/N-ethyl adjacent to an activating group) is 1. The number of rotatable bonds is 6. The van der Waals surface area contributed by atoms with Gasteiger partial charge in [0.15, 0.2) is 0 Å². The van der Waals surface area contributed by atoms with Crippen molar-refractivity contribution >= 4 is 11.8 Å². The molecule has 0 spiro atoms. The van der Waals surface area contributed by atoms with Gasteiger partial charge in [0.25, 0.3) is 0 Å². The fourth-order valence-corrected chi connectivity index (χ4v) is 2.26. The number of nitrogens with zero attached hydrogens (tertiary/aromatic N) is 1. The van der Waals surface area contributed by atoms with Crippen LogP contribution in [-0.2, 0) is 6.42 Å². The van der Waals surface area contributed by atoms with Crippen molar-refractivity contribution in [2.45, 2.75) is 30.8 Å². The topological polar surface area (TPSA) is 23.5 Å². The molecule has 0 saturated heterocycles. The molecule has 0 unspecified atom stereocenters. The number of thioether (sulfide) groups is 1. The van der Waals surface area contributed by atoms with Crippen LogP contribution >= 0.6 is 11.8 Å². The summed E-state index contributed by atoms with van der Waals surface area (Å²) < 4.78 is 0. The SMILES string of the molecule is CSc1ccc(CCN(C)CC(C)(C)O)cc1. The lowest BCUT2D eigenvalue weighted by Gasteiger charge is -2.25. The molecule has 1 aromatic carbocycles. The van der Waals surface area contributed by atoms with Crippen molar-refractivity contribution in [3.05, 3.63) is 29.8 Å². The highest BCUT2D eigenvalue weighted by molar-refractivity contribution is 7.98. The van der Waals surface area contributed by atoms with E-state index in [1.807, 2.05) is 20.9 Å². The molecule has 0 heterocycles. The fourth-order valence-electron chi connectivity index (χ4n) is 1.85. The van der Waals surface area contributed by atoms with E-state index in [4.69, 9.17) is 0 Å². The molecular weight excluding hydrogens is 230 g/mol. The lowest BCUT2D eigenvalue weighted by molar-refractivity contribution is 0.0450. The number of hydrogen-bond donors (Lipinski definition) is 1. The van der Waals surface area contributed by atoms with Gasteiger partial charge in [0.05, 0.1) is 5.60 Å². The molecule has 1 aromatic rings. The lowest BCUT2D eigenvalue weighted by atomic mass is 10.1. The minimum absolute atomic E-state index is 0.614. The normalized spacial score (nSPS) is 12.1. The van der Waals surface area contributed by atoms with Crippen LogP contribution in [0.4, 0.5) is 0 Å². The van der Waals surface area contributed by atoms with Crippen LogP contribution in [0, 0.1) is 0 Å². The zero-order chi connectivity index (χ0) is 12.9. The molecule has 17 heavy (non-hydrogen) atoms. The van der Waals surface area contributed by atoms with Crippen molar-refractivity contribution in [1.29, 1.82) is 0 Å². The third-order valence-electron chi connectivity index (χ3n) is 2.60. The summed E-state index contributed by atoms with van der Waals surface area (Å²) in [5.74, 6) is 0. The molecule has 1 N–H and O–H groups in total. The number of hydrogen-bond acceptors (Lipinski definition) is 3. The van der Waals surface area contributed by atoms with Crippen molar-refractivity contribution in [2.75, 3.05) is 26.4 Å². The Labute approximate surface area is 109 Å². The molecule has 0 aliphatic rings. The molecule has 0 radical (unpaired) electrons. The molecule has 0 aromatic heterocycles. The summed E-state index contributed by atoms with van der Waals surface area (Å²) in [6, 6.07) is 8.69. The number of aliphatic hydroxyl groups is 1. The van der Waals surface area contributed by atoms with Crippen LogP contribution < -0.4 is 0 Å².